The third-order valence-corrected chi connectivity index (χ3v) is 2.97. The Kier molecular flexibility index (Phi) is 5.86. The van der Waals surface area contributed by atoms with E-state index in [1.54, 1.807) is 0 Å². The average molecular weight is 272 g/mol. The number of rotatable bonds is 2. The van der Waals surface area contributed by atoms with Crippen LogP contribution in [0.1, 0.15) is 58.2 Å². The van der Waals surface area contributed by atoms with Crippen molar-refractivity contribution in [2.24, 2.45) is 5.90 Å². The molecule has 0 aromatic heterocycles. The zero-order valence-corrected chi connectivity index (χ0v) is 13.1. The highest BCUT2D eigenvalue weighted by atomic mass is 35.5. The first-order chi connectivity index (χ1) is 7.64. The van der Waals surface area contributed by atoms with Crippen LogP contribution >= 0.6 is 12.4 Å². The zero-order chi connectivity index (χ0) is 13.3. The molecule has 0 bridgehead atoms. The lowest BCUT2D eigenvalue weighted by atomic mass is 9.79. The summed E-state index contributed by atoms with van der Waals surface area (Å²) < 4.78 is 0. The van der Waals surface area contributed by atoms with Crippen molar-refractivity contribution >= 4 is 12.4 Å². The fraction of sp³-hybridized carbons (Fsp3) is 0.600. The fourth-order valence-corrected chi connectivity index (χ4v) is 1.74. The van der Waals surface area contributed by atoms with E-state index in [0.29, 0.717) is 6.61 Å². The summed E-state index contributed by atoms with van der Waals surface area (Å²) >= 11 is 0. The minimum Gasteiger partial charge on any atom is -0.300 e. The number of hydrogen-bond donors (Lipinski definition) is 1. The maximum absolute atomic E-state index is 5.18. The van der Waals surface area contributed by atoms with Crippen LogP contribution in [-0.2, 0) is 22.3 Å². The number of halogens is 1. The molecule has 0 amide bonds. The molecule has 0 fully saturated rings. The summed E-state index contributed by atoms with van der Waals surface area (Å²) in [4.78, 5) is 4.76. The molecule has 1 aromatic carbocycles. The lowest BCUT2D eigenvalue weighted by Crippen LogP contribution is -2.17. The predicted molar refractivity (Wildman–Crippen MR) is 80.1 cm³/mol. The highest BCUT2D eigenvalue weighted by Crippen LogP contribution is 2.30. The standard InChI is InChI=1S/C15H25NO.ClH/c1-14(2,3)12-7-11(10-17-16)8-13(9-12)15(4,5)6;/h7-9H,10,16H2,1-6H3;1H. The molecule has 18 heavy (non-hydrogen) atoms. The van der Waals surface area contributed by atoms with Gasteiger partial charge in [0.15, 0.2) is 0 Å². The molecule has 0 aliphatic rings. The van der Waals surface area contributed by atoms with Gasteiger partial charge in [-0.1, -0.05) is 59.7 Å². The molecule has 3 heteroatoms. The summed E-state index contributed by atoms with van der Waals surface area (Å²) in [7, 11) is 0. The van der Waals surface area contributed by atoms with E-state index in [1.165, 1.54) is 11.1 Å². The van der Waals surface area contributed by atoms with Gasteiger partial charge in [-0.05, 0) is 27.5 Å². The predicted octanol–water partition coefficient (Wildman–Crippen LogP) is 4.09. The molecule has 104 valence electrons. The van der Waals surface area contributed by atoms with Gasteiger partial charge >= 0.3 is 0 Å². The number of benzene rings is 1. The monoisotopic (exact) mass is 271 g/mol. The van der Waals surface area contributed by atoms with Crippen molar-refractivity contribution in [2.45, 2.75) is 59.0 Å². The first kappa shape index (κ1) is 17.4. The van der Waals surface area contributed by atoms with E-state index in [-0.39, 0.29) is 23.2 Å². The van der Waals surface area contributed by atoms with E-state index >= 15 is 0 Å². The Bertz CT molecular complexity index is 356. The molecule has 0 aliphatic heterocycles. The van der Waals surface area contributed by atoms with Crippen molar-refractivity contribution in [3.8, 4) is 0 Å². The summed E-state index contributed by atoms with van der Waals surface area (Å²) in [5.74, 6) is 5.18. The second kappa shape index (κ2) is 6.05. The Balaban J connectivity index is 0.00000289. The molecule has 0 heterocycles. The maximum Gasteiger partial charge on any atom is 0.0930 e. The zero-order valence-electron chi connectivity index (χ0n) is 12.3. The Labute approximate surface area is 117 Å². The quantitative estimate of drug-likeness (QED) is 0.822. The van der Waals surface area contributed by atoms with Crippen LogP contribution in [0.25, 0.3) is 0 Å². The summed E-state index contributed by atoms with van der Waals surface area (Å²) in [6.07, 6.45) is 0. The van der Waals surface area contributed by atoms with Gasteiger partial charge < -0.3 is 0 Å². The smallest absolute Gasteiger partial charge is 0.0930 e. The van der Waals surface area contributed by atoms with Gasteiger partial charge in [0.05, 0.1) is 6.61 Å². The van der Waals surface area contributed by atoms with Crippen LogP contribution in [0, 0.1) is 0 Å². The van der Waals surface area contributed by atoms with Gasteiger partial charge in [0.1, 0.15) is 0 Å². The average Bonchev–Trinajstić information content (AvgIpc) is 2.15. The van der Waals surface area contributed by atoms with Crippen LogP contribution in [0.3, 0.4) is 0 Å². The molecule has 0 unspecified atom stereocenters. The van der Waals surface area contributed by atoms with Crippen LogP contribution in [0.15, 0.2) is 18.2 Å². The highest BCUT2D eigenvalue weighted by molar-refractivity contribution is 5.85. The topological polar surface area (TPSA) is 35.2 Å². The van der Waals surface area contributed by atoms with E-state index in [2.05, 4.69) is 59.7 Å². The van der Waals surface area contributed by atoms with E-state index in [1.807, 2.05) is 0 Å². The summed E-state index contributed by atoms with van der Waals surface area (Å²) in [5, 5.41) is 0. The Morgan fingerprint density at radius 2 is 1.28 bits per heavy atom. The van der Waals surface area contributed by atoms with Gasteiger partial charge in [-0.25, -0.2) is 5.90 Å². The third-order valence-electron chi connectivity index (χ3n) is 2.97. The van der Waals surface area contributed by atoms with Crippen LogP contribution < -0.4 is 5.90 Å². The molecule has 2 N–H and O–H groups in total. The Morgan fingerprint density at radius 1 is 0.889 bits per heavy atom. The van der Waals surface area contributed by atoms with Crippen molar-refractivity contribution in [1.82, 2.24) is 0 Å². The summed E-state index contributed by atoms with van der Waals surface area (Å²) in [6.45, 7) is 13.8. The SMILES string of the molecule is CC(C)(C)c1cc(CON)cc(C(C)(C)C)c1.Cl. The number of hydrogen-bond acceptors (Lipinski definition) is 2. The number of nitrogens with two attached hydrogens (primary N) is 1. The molecule has 2 nitrogen and oxygen atoms in total. The highest BCUT2D eigenvalue weighted by Gasteiger charge is 2.20. The van der Waals surface area contributed by atoms with Crippen molar-refractivity contribution < 1.29 is 4.84 Å². The third kappa shape index (κ3) is 4.60. The van der Waals surface area contributed by atoms with Gasteiger partial charge in [-0.15, -0.1) is 12.4 Å². The second-order valence-electron chi connectivity index (χ2n) is 6.73. The largest absolute Gasteiger partial charge is 0.300 e. The van der Waals surface area contributed by atoms with Gasteiger partial charge in [-0.3, -0.25) is 4.84 Å². The normalized spacial score (nSPS) is 12.2. The van der Waals surface area contributed by atoms with Gasteiger partial charge in [0, 0.05) is 0 Å². The molecule has 0 radical (unpaired) electrons. The van der Waals surface area contributed by atoms with E-state index < -0.39 is 0 Å². The second-order valence-corrected chi connectivity index (χ2v) is 6.73. The molecule has 0 aliphatic carbocycles. The minimum atomic E-state index is 0. The van der Waals surface area contributed by atoms with Crippen LogP contribution in [-0.4, -0.2) is 0 Å². The maximum atomic E-state index is 5.18. The molecule has 0 saturated heterocycles. The minimum absolute atomic E-state index is 0. The molecule has 1 aromatic rings. The lowest BCUT2D eigenvalue weighted by Gasteiger charge is -2.26. The van der Waals surface area contributed by atoms with Crippen LogP contribution in [0.4, 0.5) is 0 Å². The molecule has 0 atom stereocenters. The van der Waals surface area contributed by atoms with Crippen LogP contribution in [0.5, 0.6) is 0 Å². The van der Waals surface area contributed by atoms with Gasteiger partial charge in [-0.2, -0.15) is 0 Å². The van der Waals surface area contributed by atoms with Crippen molar-refractivity contribution in [3.63, 3.8) is 0 Å². The molecular weight excluding hydrogens is 246 g/mol. The first-order valence-corrected chi connectivity index (χ1v) is 6.11. The molecular formula is C15H26ClNO. The van der Waals surface area contributed by atoms with Crippen molar-refractivity contribution in [1.29, 1.82) is 0 Å². The first-order valence-electron chi connectivity index (χ1n) is 6.11. The van der Waals surface area contributed by atoms with E-state index in [9.17, 15) is 0 Å². The fourth-order valence-electron chi connectivity index (χ4n) is 1.74. The van der Waals surface area contributed by atoms with Gasteiger partial charge in [0.25, 0.3) is 0 Å². The van der Waals surface area contributed by atoms with Crippen molar-refractivity contribution in [2.75, 3.05) is 0 Å². The molecule has 1 rings (SSSR count). The lowest BCUT2D eigenvalue weighted by molar-refractivity contribution is 0.124. The molecule has 0 saturated carbocycles. The molecule has 0 spiro atoms. The Morgan fingerprint density at radius 3 is 1.56 bits per heavy atom. The van der Waals surface area contributed by atoms with Gasteiger partial charge in [0.2, 0.25) is 0 Å². The summed E-state index contributed by atoms with van der Waals surface area (Å²) in [6, 6.07) is 6.66. The van der Waals surface area contributed by atoms with Crippen LogP contribution in [0.2, 0.25) is 0 Å². The summed E-state index contributed by atoms with van der Waals surface area (Å²) in [5.41, 5.74) is 4.09. The van der Waals surface area contributed by atoms with E-state index in [4.69, 9.17) is 10.7 Å². The van der Waals surface area contributed by atoms with Crippen molar-refractivity contribution in [3.05, 3.63) is 34.9 Å². The Hall–Kier alpha value is -0.570. The van der Waals surface area contributed by atoms with E-state index in [0.717, 1.165) is 5.56 Å².